The van der Waals surface area contributed by atoms with Gasteiger partial charge in [-0.3, -0.25) is 15.1 Å². The number of carbonyl (C=O) groups excluding carboxylic acids is 3. The third-order valence-electron chi connectivity index (χ3n) is 4.08. The van der Waals surface area contributed by atoms with E-state index >= 15 is 0 Å². The minimum absolute atomic E-state index is 0.223. The van der Waals surface area contributed by atoms with Gasteiger partial charge in [-0.15, -0.1) is 0 Å². The topological polar surface area (TPSA) is 119 Å². The van der Waals surface area contributed by atoms with Crippen molar-refractivity contribution in [3.8, 4) is 0 Å². The van der Waals surface area contributed by atoms with Crippen LogP contribution in [0.5, 0.6) is 0 Å². The summed E-state index contributed by atoms with van der Waals surface area (Å²) in [7, 11) is 0. The molecule has 1 heterocycles. The van der Waals surface area contributed by atoms with Gasteiger partial charge in [0.2, 0.25) is 0 Å². The fraction of sp³-hybridized carbons (Fsp3) is 0.391. The highest BCUT2D eigenvalue weighted by molar-refractivity contribution is 6.05. The SMILES string of the molecule is CCOC(C=O)CNCc1ccc(C(=O)Nc2ccccc2NC(=O)OC(C)(C)C)nc1. The van der Waals surface area contributed by atoms with E-state index in [1.165, 1.54) is 0 Å². The van der Waals surface area contributed by atoms with E-state index in [0.717, 1.165) is 11.8 Å². The summed E-state index contributed by atoms with van der Waals surface area (Å²) in [6.45, 7) is 8.47. The van der Waals surface area contributed by atoms with E-state index in [2.05, 4.69) is 20.9 Å². The second-order valence-corrected chi connectivity index (χ2v) is 7.94. The maximum atomic E-state index is 12.6. The first-order valence-corrected chi connectivity index (χ1v) is 10.3. The first-order valence-electron chi connectivity index (χ1n) is 10.3. The lowest BCUT2D eigenvalue weighted by atomic mass is 10.2. The van der Waals surface area contributed by atoms with Crippen LogP contribution in [0.25, 0.3) is 0 Å². The molecule has 0 radical (unpaired) electrons. The molecule has 172 valence electrons. The number of anilines is 2. The van der Waals surface area contributed by atoms with Gasteiger partial charge in [0.15, 0.2) is 0 Å². The average Bonchev–Trinajstić information content (AvgIpc) is 2.73. The molecule has 2 rings (SSSR count). The lowest BCUT2D eigenvalue weighted by Crippen LogP contribution is -2.30. The third-order valence-corrected chi connectivity index (χ3v) is 4.08. The van der Waals surface area contributed by atoms with E-state index in [1.54, 1.807) is 63.4 Å². The summed E-state index contributed by atoms with van der Waals surface area (Å²) in [5.41, 5.74) is 1.28. The molecule has 0 aliphatic rings. The van der Waals surface area contributed by atoms with E-state index in [1.807, 2.05) is 6.92 Å². The number of benzene rings is 1. The molecular weight excluding hydrogens is 412 g/mol. The molecule has 9 nitrogen and oxygen atoms in total. The van der Waals surface area contributed by atoms with Crippen LogP contribution in [0.2, 0.25) is 0 Å². The number of carbonyl (C=O) groups is 3. The van der Waals surface area contributed by atoms with E-state index < -0.39 is 23.7 Å². The summed E-state index contributed by atoms with van der Waals surface area (Å²) in [6, 6.07) is 10.2. The first kappa shape index (κ1) is 25.0. The van der Waals surface area contributed by atoms with Gasteiger partial charge in [0, 0.05) is 25.9 Å². The number of ether oxygens (including phenoxy) is 2. The highest BCUT2D eigenvalue weighted by Gasteiger charge is 2.18. The fourth-order valence-electron chi connectivity index (χ4n) is 2.68. The van der Waals surface area contributed by atoms with Crippen molar-refractivity contribution in [2.45, 2.75) is 45.9 Å². The van der Waals surface area contributed by atoms with Gasteiger partial charge in [0.25, 0.3) is 5.91 Å². The Morgan fingerprint density at radius 2 is 1.78 bits per heavy atom. The quantitative estimate of drug-likeness (QED) is 0.483. The fourth-order valence-corrected chi connectivity index (χ4v) is 2.68. The summed E-state index contributed by atoms with van der Waals surface area (Å²) < 4.78 is 10.5. The Labute approximate surface area is 187 Å². The number of hydrogen-bond acceptors (Lipinski definition) is 7. The van der Waals surface area contributed by atoms with Crippen LogP contribution in [0.15, 0.2) is 42.6 Å². The van der Waals surface area contributed by atoms with Crippen molar-refractivity contribution in [2.75, 3.05) is 23.8 Å². The normalized spacial score (nSPS) is 12.0. The van der Waals surface area contributed by atoms with Gasteiger partial charge in [-0.25, -0.2) is 4.79 Å². The lowest BCUT2D eigenvalue weighted by molar-refractivity contribution is -0.117. The molecule has 0 fully saturated rings. The smallest absolute Gasteiger partial charge is 0.412 e. The predicted molar refractivity (Wildman–Crippen MR) is 122 cm³/mol. The molecule has 0 aliphatic heterocycles. The van der Waals surface area contributed by atoms with Crippen molar-refractivity contribution < 1.29 is 23.9 Å². The number of hydrogen-bond donors (Lipinski definition) is 3. The van der Waals surface area contributed by atoms with Crippen LogP contribution in [-0.2, 0) is 20.8 Å². The van der Waals surface area contributed by atoms with E-state index in [0.29, 0.717) is 31.1 Å². The van der Waals surface area contributed by atoms with Crippen molar-refractivity contribution >= 4 is 29.7 Å². The molecule has 0 saturated carbocycles. The Morgan fingerprint density at radius 1 is 1.09 bits per heavy atom. The van der Waals surface area contributed by atoms with Crippen LogP contribution in [-0.4, -0.2) is 48.1 Å². The number of pyridine rings is 1. The largest absolute Gasteiger partial charge is 0.444 e. The van der Waals surface area contributed by atoms with Gasteiger partial charge in [0.05, 0.1) is 11.4 Å². The molecule has 1 aromatic heterocycles. The molecule has 0 spiro atoms. The number of para-hydroxylation sites is 2. The van der Waals surface area contributed by atoms with E-state index in [9.17, 15) is 14.4 Å². The highest BCUT2D eigenvalue weighted by Crippen LogP contribution is 2.22. The van der Waals surface area contributed by atoms with Crippen LogP contribution in [0.4, 0.5) is 16.2 Å². The zero-order chi connectivity index (χ0) is 23.6. The molecule has 2 amide bonds. The van der Waals surface area contributed by atoms with Crippen LogP contribution in [0.1, 0.15) is 43.7 Å². The zero-order valence-electron chi connectivity index (χ0n) is 18.8. The van der Waals surface area contributed by atoms with Crippen LogP contribution >= 0.6 is 0 Å². The Balaban J connectivity index is 1.95. The Bertz CT molecular complexity index is 909. The third kappa shape index (κ3) is 8.44. The van der Waals surface area contributed by atoms with Gasteiger partial charge in [-0.2, -0.15) is 0 Å². The van der Waals surface area contributed by atoms with Crippen LogP contribution in [0, 0.1) is 0 Å². The van der Waals surface area contributed by atoms with Crippen molar-refractivity contribution in [3.05, 3.63) is 53.9 Å². The Kier molecular flexibility index (Phi) is 9.30. The van der Waals surface area contributed by atoms with Gasteiger partial charge < -0.3 is 24.9 Å². The van der Waals surface area contributed by atoms with Crippen molar-refractivity contribution in [3.63, 3.8) is 0 Å². The van der Waals surface area contributed by atoms with Crippen LogP contribution in [0.3, 0.4) is 0 Å². The minimum atomic E-state index is -0.639. The lowest BCUT2D eigenvalue weighted by Gasteiger charge is -2.20. The summed E-state index contributed by atoms with van der Waals surface area (Å²) in [4.78, 5) is 39.8. The summed E-state index contributed by atoms with van der Waals surface area (Å²) in [6.07, 6.45) is 1.24. The Hall–Kier alpha value is -3.30. The molecular formula is C23H30N4O5. The van der Waals surface area contributed by atoms with E-state index in [-0.39, 0.29) is 5.69 Å². The van der Waals surface area contributed by atoms with Crippen molar-refractivity contribution in [2.24, 2.45) is 0 Å². The molecule has 32 heavy (non-hydrogen) atoms. The summed E-state index contributed by atoms with van der Waals surface area (Å²) in [5.74, 6) is -0.416. The summed E-state index contributed by atoms with van der Waals surface area (Å²) in [5, 5.41) is 8.51. The molecule has 0 saturated heterocycles. The number of nitrogens with one attached hydrogen (secondary N) is 3. The number of aromatic nitrogens is 1. The second-order valence-electron chi connectivity index (χ2n) is 7.94. The minimum Gasteiger partial charge on any atom is -0.444 e. The number of rotatable bonds is 10. The monoisotopic (exact) mass is 442 g/mol. The molecule has 0 aliphatic carbocycles. The molecule has 3 N–H and O–H groups in total. The number of aldehydes is 1. The van der Waals surface area contributed by atoms with Gasteiger partial charge in [-0.1, -0.05) is 18.2 Å². The van der Waals surface area contributed by atoms with E-state index in [4.69, 9.17) is 9.47 Å². The van der Waals surface area contributed by atoms with Crippen LogP contribution < -0.4 is 16.0 Å². The highest BCUT2D eigenvalue weighted by atomic mass is 16.6. The van der Waals surface area contributed by atoms with Crippen molar-refractivity contribution in [1.82, 2.24) is 10.3 Å². The average molecular weight is 443 g/mol. The predicted octanol–water partition coefficient (Wildman–Crippen LogP) is 3.37. The molecule has 1 unspecified atom stereocenters. The first-order chi connectivity index (χ1) is 15.2. The Morgan fingerprint density at radius 3 is 2.34 bits per heavy atom. The maximum absolute atomic E-state index is 12.6. The van der Waals surface area contributed by atoms with Crippen molar-refractivity contribution in [1.29, 1.82) is 0 Å². The zero-order valence-corrected chi connectivity index (χ0v) is 18.8. The second kappa shape index (κ2) is 11.9. The molecule has 1 atom stereocenters. The molecule has 9 heteroatoms. The molecule has 1 aromatic carbocycles. The summed E-state index contributed by atoms with van der Waals surface area (Å²) >= 11 is 0. The molecule has 2 aromatic rings. The number of amides is 2. The number of nitrogens with zero attached hydrogens (tertiary/aromatic N) is 1. The van der Waals surface area contributed by atoms with Gasteiger partial charge >= 0.3 is 6.09 Å². The van der Waals surface area contributed by atoms with Gasteiger partial charge in [0.1, 0.15) is 23.7 Å². The maximum Gasteiger partial charge on any atom is 0.412 e. The van der Waals surface area contributed by atoms with Gasteiger partial charge in [-0.05, 0) is 51.5 Å². The molecule has 0 bridgehead atoms. The standard InChI is InChI=1S/C23H30N4O5/c1-5-31-17(15-28)14-24-12-16-10-11-20(25-13-16)21(29)26-18-8-6-7-9-19(18)27-22(30)32-23(2,3)4/h6-11,13,15,17,24H,5,12,14H2,1-4H3,(H,26,29)(H,27,30).